The molecule has 2 heterocycles. The Kier molecular flexibility index (Phi) is 4.56. The molecule has 0 fully saturated rings. The topological polar surface area (TPSA) is 40.0 Å². The van der Waals surface area contributed by atoms with E-state index in [2.05, 4.69) is 54.4 Å². The van der Waals surface area contributed by atoms with E-state index in [0.717, 1.165) is 34.1 Å². The van der Waals surface area contributed by atoms with Crippen molar-refractivity contribution in [3.8, 4) is 20.9 Å². The second-order valence-corrected chi connectivity index (χ2v) is 9.39. The van der Waals surface area contributed by atoms with Crippen molar-refractivity contribution in [3.63, 3.8) is 0 Å². The van der Waals surface area contributed by atoms with Gasteiger partial charge < -0.3 is 5.73 Å². The van der Waals surface area contributed by atoms with E-state index in [4.69, 9.17) is 18.2 Å². The second-order valence-electron chi connectivity index (χ2n) is 4.26. The molecule has 21 heavy (non-hydrogen) atoms. The van der Waals surface area contributed by atoms with Crippen LogP contribution in [0.1, 0.15) is 0 Å². The molecule has 0 atom stereocenters. The molecule has 7 heteroatoms. The minimum Gasteiger partial charge on any atom is -0.393 e. The average Bonchev–Trinajstić information content (AvgIpc) is 3.07. The van der Waals surface area contributed by atoms with Crippen molar-refractivity contribution in [2.45, 2.75) is 0 Å². The van der Waals surface area contributed by atoms with Crippen molar-refractivity contribution >= 4 is 78.3 Å². The van der Waals surface area contributed by atoms with Crippen LogP contribution < -0.4 is 10.1 Å². The fraction of sp³-hybridized carbons (Fsp3) is 0. The Morgan fingerprint density at radius 1 is 0.857 bits per heavy atom. The molecule has 2 aromatic heterocycles. The van der Waals surface area contributed by atoms with E-state index in [0.29, 0.717) is 5.69 Å². The van der Waals surface area contributed by atoms with Crippen molar-refractivity contribution in [2.24, 2.45) is 0 Å². The zero-order valence-corrected chi connectivity index (χ0v) is 16.1. The molecule has 106 valence electrons. The van der Waals surface area contributed by atoms with Crippen LogP contribution in [-0.4, -0.2) is 0 Å². The molecule has 3 N–H and O–H groups in total. The van der Waals surface area contributed by atoms with E-state index in [1.807, 2.05) is 18.2 Å². The zero-order chi connectivity index (χ0) is 15.0. The predicted molar refractivity (Wildman–Crippen MR) is 101 cm³/mol. The third-order valence-electron chi connectivity index (χ3n) is 3.02. The number of anilines is 1. The molecule has 2 nitrogen and oxygen atoms in total. The maximum absolute atomic E-state index is 6.34. The van der Waals surface area contributed by atoms with E-state index in [1.165, 1.54) is 0 Å². The van der Waals surface area contributed by atoms with E-state index >= 15 is 0 Å². The summed E-state index contributed by atoms with van der Waals surface area (Å²) in [4.78, 5) is 2.24. The molecule has 0 spiro atoms. The highest BCUT2D eigenvalue weighted by atomic mass is 79.9. The first-order chi connectivity index (χ1) is 10.1. The summed E-state index contributed by atoms with van der Waals surface area (Å²) in [5, 5.41) is 0. The maximum atomic E-state index is 6.34. The van der Waals surface area contributed by atoms with Gasteiger partial charge in [0.05, 0.1) is 13.1 Å². The number of nitrogen functional groups attached to an aromatic ring is 1. The fourth-order valence-corrected chi connectivity index (χ4v) is 5.13. The van der Waals surface area contributed by atoms with Crippen LogP contribution in [0.5, 0.6) is 0 Å². The normalized spacial score (nSPS) is 10.8. The number of thiophene rings is 2. The lowest BCUT2D eigenvalue weighted by molar-refractivity contribution is -0.313. The summed E-state index contributed by atoms with van der Waals surface area (Å²) in [7, 11) is 0. The number of benzene rings is 1. The summed E-state index contributed by atoms with van der Waals surface area (Å²) in [6.45, 7) is 0. The van der Waals surface area contributed by atoms with Gasteiger partial charge in [0.2, 0.25) is 5.69 Å². The molecule has 0 saturated carbocycles. The summed E-state index contributed by atoms with van der Waals surface area (Å²) in [5.41, 5.74) is 9.83. The number of rotatable bonds is 3. The summed E-state index contributed by atoms with van der Waals surface area (Å²) >= 11 is 15.3. The lowest BCUT2D eigenvalue weighted by atomic mass is 10.0. The third kappa shape index (κ3) is 2.98. The first kappa shape index (κ1) is 15.3. The largest absolute Gasteiger partial charge is 0.393 e. The van der Waals surface area contributed by atoms with E-state index in [-0.39, 0.29) is 0 Å². The van der Waals surface area contributed by atoms with Crippen LogP contribution in [0.3, 0.4) is 0 Å². The highest BCUT2D eigenvalue weighted by Gasteiger charge is 2.19. The van der Waals surface area contributed by atoms with Crippen LogP contribution in [-0.2, 0) is 12.4 Å². The molecule has 0 amide bonds. The Morgan fingerprint density at radius 2 is 1.38 bits per heavy atom. The quantitative estimate of drug-likeness (QED) is 0.556. The van der Waals surface area contributed by atoms with Gasteiger partial charge in [-0.3, -0.25) is 0 Å². The molecule has 0 aliphatic rings. The van der Waals surface area contributed by atoms with Gasteiger partial charge in [0.1, 0.15) is 5.69 Å². The van der Waals surface area contributed by atoms with Crippen molar-refractivity contribution in [2.75, 3.05) is 5.73 Å². The molecular weight excluding hydrogens is 452 g/mol. The number of hydrogen-bond acceptors (Lipinski definition) is 4. The first-order valence-corrected chi connectivity index (χ1v) is 9.55. The van der Waals surface area contributed by atoms with E-state index in [9.17, 15) is 0 Å². The smallest absolute Gasteiger partial charge is 0.268 e. The van der Waals surface area contributed by atoms with Crippen LogP contribution in [0.2, 0.25) is 0 Å². The van der Waals surface area contributed by atoms with Gasteiger partial charge in [0.25, 0.3) is 12.4 Å². The van der Waals surface area contributed by atoms with Gasteiger partial charge in [0.15, 0.2) is 0 Å². The van der Waals surface area contributed by atoms with Crippen LogP contribution in [0, 0.1) is 0 Å². The van der Waals surface area contributed by atoms with Gasteiger partial charge in [-0.15, -0.1) is 27.0 Å². The number of nitrogens with two attached hydrogens (primary N) is 1. The standard InChI is InChI=1S/C14H8Br2N2S3/c15-11-5-3-9(20-11)7-1-2-8(14(18-19)13(7)17)10-4-6-12(16)21-10/h1-6H,17H2/p+1. The third-order valence-corrected chi connectivity index (χ3v) is 6.54. The Balaban J connectivity index is 2.18. The Labute approximate surface area is 152 Å². The highest BCUT2D eigenvalue weighted by Crippen LogP contribution is 2.42. The molecule has 3 aromatic rings. The molecular formula is C14H9Br2N2S3+. The average molecular weight is 461 g/mol. The van der Waals surface area contributed by atoms with E-state index < -0.39 is 0 Å². The van der Waals surface area contributed by atoms with Crippen LogP contribution in [0.25, 0.3) is 20.9 Å². The van der Waals surface area contributed by atoms with E-state index in [1.54, 1.807) is 22.7 Å². The molecule has 0 radical (unpaired) electrons. The Morgan fingerprint density at radius 3 is 1.86 bits per heavy atom. The van der Waals surface area contributed by atoms with Crippen LogP contribution in [0.15, 0.2) is 44.0 Å². The molecule has 0 bridgehead atoms. The Bertz CT molecular complexity index is 823. The van der Waals surface area contributed by atoms with Gasteiger partial charge >= 0.3 is 0 Å². The lowest BCUT2D eigenvalue weighted by Gasteiger charge is -2.06. The van der Waals surface area contributed by atoms with Gasteiger partial charge in [-0.05, 0) is 62.2 Å². The van der Waals surface area contributed by atoms with Gasteiger partial charge in [0, 0.05) is 15.3 Å². The highest BCUT2D eigenvalue weighted by molar-refractivity contribution is 9.11. The molecule has 0 aliphatic heterocycles. The van der Waals surface area contributed by atoms with Crippen LogP contribution >= 0.6 is 54.5 Å². The van der Waals surface area contributed by atoms with Gasteiger partial charge in [-0.1, -0.05) is 6.07 Å². The minimum atomic E-state index is 0.682. The molecule has 0 unspecified atom stereocenters. The predicted octanol–water partition coefficient (Wildman–Crippen LogP) is 4.69. The monoisotopic (exact) mass is 459 g/mol. The summed E-state index contributed by atoms with van der Waals surface area (Å²) in [6.07, 6.45) is 0. The molecule has 0 saturated heterocycles. The number of halogens is 2. The molecule has 3 rings (SSSR count). The zero-order valence-electron chi connectivity index (χ0n) is 10.5. The lowest BCUT2D eigenvalue weighted by Crippen LogP contribution is -2.56. The SMILES string of the molecule is Nc1c(-c2ccc(Br)s2)ccc(-c2ccc(Br)s2)c1[NH+]=S. The molecule has 0 aliphatic carbocycles. The van der Waals surface area contributed by atoms with Crippen molar-refractivity contribution in [1.29, 1.82) is 0 Å². The fourth-order valence-electron chi connectivity index (χ4n) is 2.07. The van der Waals surface area contributed by atoms with Gasteiger partial charge in [-0.25, -0.2) is 0 Å². The maximum Gasteiger partial charge on any atom is 0.268 e. The van der Waals surface area contributed by atoms with Crippen LogP contribution in [0.4, 0.5) is 11.4 Å². The first-order valence-electron chi connectivity index (χ1n) is 5.92. The van der Waals surface area contributed by atoms with Gasteiger partial charge in [-0.2, -0.15) is 0 Å². The summed E-state index contributed by atoms with van der Waals surface area (Å²) < 4.78 is 4.99. The number of hydrogen-bond donors (Lipinski definition) is 2. The van der Waals surface area contributed by atoms with Crippen molar-refractivity contribution in [3.05, 3.63) is 44.0 Å². The summed E-state index contributed by atoms with van der Waals surface area (Å²) in [6, 6.07) is 12.3. The summed E-state index contributed by atoms with van der Waals surface area (Å²) in [5.74, 6) is 0. The van der Waals surface area contributed by atoms with Crippen molar-refractivity contribution < 1.29 is 4.36 Å². The Hall–Kier alpha value is -0.600. The number of nitrogens with one attached hydrogen (secondary N) is 1. The molecule has 1 aromatic carbocycles. The van der Waals surface area contributed by atoms with Crippen molar-refractivity contribution in [1.82, 2.24) is 0 Å². The second kappa shape index (κ2) is 6.26. The minimum absolute atomic E-state index is 0.682.